The maximum Gasteiger partial charge on any atom is 0.147 e. The molecule has 0 amide bonds. The van der Waals surface area contributed by atoms with E-state index in [-0.39, 0.29) is 0 Å². The average Bonchev–Trinajstić information content (AvgIpc) is 4.24. The smallest absolute Gasteiger partial charge is 0.144 e. The Bertz CT molecular complexity index is 3070. The van der Waals surface area contributed by atoms with Gasteiger partial charge in [0.15, 0.2) is 0 Å². The molecule has 4 aromatic heterocycles. The van der Waals surface area contributed by atoms with E-state index in [1.165, 1.54) is 102 Å². The van der Waals surface area contributed by atoms with E-state index in [9.17, 15) is 0 Å². The molecule has 0 atom stereocenters. The maximum absolute atomic E-state index is 3.12. The predicted octanol–water partition coefficient (Wildman–Crippen LogP) is 16.4. The molecule has 0 spiro atoms. The van der Waals surface area contributed by atoms with E-state index in [2.05, 4.69) is 240 Å². The fourth-order valence-electron chi connectivity index (χ4n) is 9.58. The first-order valence-corrected chi connectivity index (χ1v) is 27.6. The molecule has 0 saturated heterocycles. The highest BCUT2D eigenvalue weighted by Crippen LogP contribution is 2.50. The van der Waals surface area contributed by atoms with Crippen LogP contribution in [0.4, 0.5) is 0 Å². The normalized spacial score (nSPS) is 11.5. The highest BCUT2D eigenvalue weighted by atomic mass is 32.1. The van der Waals surface area contributed by atoms with Crippen LogP contribution < -0.4 is 15.6 Å². The van der Waals surface area contributed by atoms with Crippen LogP contribution in [0.2, 0.25) is 6.55 Å². The minimum absolute atomic E-state index is 1.22. The minimum Gasteiger partial charge on any atom is -0.144 e. The molecule has 11 aromatic rings. The Balaban J connectivity index is 1.40. The summed E-state index contributed by atoms with van der Waals surface area (Å²) in [5, 5.41) is 13.1. The molecular weight excluding hydrogens is 865 g/mol. The van der Waals surface area contributed by atoms with Gasteiger partial charge in [-0.1, -0.05) is 195 Å². The quantitative estimate of drug-likeness (QED) is 0.0896. The van der Waals surface area contributed by atoms with Crippen LogP contribution in [-0.4, -0.2) is 8.07 Å². The van der Waals surface area contributed by atoms with Crippen LogP contribution in [-0.2, 0) is 0 Å². The fourth-order valence-corrected chi connectivity index (χ4v) is 17.0. The Morgan fingerprint density at radius 3 is 0.891 bits per heavy atom. The van der Waals surface area contributed by atoms with Gasteiger partial charge in [0.2, 0.25) is 0 Å². The van der Waals surface area contributed by atoms with E-state index >= 15 is 0 Å². The summed E-state index contributed by atoms with van der Waals surface area (Å²) in [6.45, 7) is 2.64. The molecule has 0 nitrogen and oxygen atoms in total. The number of thiophene rings is 4. The van der Waals surface area contributed by atoms with E-state index in [1.54, 1.807) is 0 Å². The van der Waals surface area contributed by atoms with Crippen LogP contribution in [0.3, 0.4) is 0 Å². The monoisotopic (exact) mass is 906 g/mol. The summed E-state index contributed by atoms with van der Waals surface area (Å²) in [6.07, 6.45) is 0. The van der Waals surface area contributed by atoms with Gasteiger partial charge < -0.3 is 0 Å². The first-order chi connectivity index (χ1) is 31.7. The highest BCUT2D eigenvalue weighted by Gasteiger charge is 2.43. The van der Waals surface area contributed by atoms with E-state index in [4.69, 9.17) is 0 Å². The third kappa shape index (κ3) is 7.20. The van der Waals surface area contributed by atoms with Crippen molar-refractivity contribution in [1.82, 2.24) is 0 Å². The molecule has 11 rings (SSSR count). The van der Waals surface area contributed by atoms with Crippen LogP contribution >= 0.6 is 45.3 Å². The van der Waals surface area contributed by atoms with Crippen LogP contribution in [0.5, 0.6) is 0 Å². The Morgan fingerprint density at radius 2 is 0.578 bits per heavy atom. The van der Waals surface area contributed by atoms with E-state index < -0.39 is 8.07 Å². The van der Waals surface area contributed by atoms with Crippen LogP contribution in [0.25, 0.3) is 86.3 Å². The second kappa shape index (κ2) is 17.6. The van der Waals surface area contributed by atoms with Crippen molar-refractivity contribution in [3.63, 3.8) is 0 Å². The number of rotatable bonds is 11. The van der Waals surface area contributed by atoms with Crippen molar-refractivity contribution in [2.24, 2.45) is 0 Å². The van der Waals surface area contributed by atoms with Crippen LogP contribution in [0, 0.1) is 0 Å². The van der Waals surface area contributed by atoms with Gasteiger partial charge in [-0.25, -0.2) is 0 Å². The second-order valence-corrected chi connectivity index (χ2v) is 23.8. The first kappa shape index (κ1) is 40.3. The molecule has 0 unspecified atom stereocenters. The van der Waals surface area contributed by atoms with Gasteiger partial charge in [0.25, 0.3) is 0 Å². The highest BCUT2D eigenvalue weighted by molar-refractivity contribution is 7.17. The van der Waals surface area contributed by atoms with Gasteiger partial charge in [-0.2, -0.15) is 0 Å². The third-order valence-electron chi connectivity index (χ3n) is 12.4. The van der Waals surface area contributed by atoms with E-state index in [1.807, 2.05) is 45.3 Å². The van der Waals surface area contributed by atoms with Gasteiger partial charge in [-0.3, -0.25) is 0 Å². The molecule has 0 fully saturated rings. The average molecular weight is 907 g/mol. The predicted molar refractivity (Wildman–Crippen MR) is 285 cm³/mol. The van der Waals surface area contributed by atoms with Gasteiger partial charge in [0.05, 0.1) is 0 Å². The molecule has 306 valence electrons. The minimum atomic E-state index is -3.12. The maximum atomic E-state index is 2.64. The van der Waals surface area contributed by atoms with E-state index in [0.717, 1.165) is 0 Å². The van der Waals surface area contributed by atoms with Crippen LogP contribution in [0.15, 0.2) is 234 Å². The molecule has 0 bridgehead atoms. The molecule has 0 aliphatic carbocycles. The van der Waals surface area contributed by atoms with Gasteiger partial charge in [-0.15, -0.1) is 45.3 Å². The summed E-state index contributed by atoms with van der Waals surface area (Å²) in [5.74, 6) is 0. The fraction of sp³-hybridized carbons (Fsp3) is 0.0169. The van der Waals surface area contributed by atoms with Crippen molar-refractivity contribution in [3.8, 4) is 86.3 Å². The second-order valence-electron chi connectivity index (χ2n) is 16.1. The van der Waals surface area contributed by atoms with Crippen molar-refractivity contribution in [3.05, 3.63) is 234 Å². The van der Waals surface area contributed by atoms with Crippen molar-refractivity contribution < 1.29 is 0 Å². The number of benzene rings is 7. The lowest BCUT2D eigenvalue weighted by molar-refractivity contribution is 1.57. The first-order valence-electron chi connectivity index (χ1n) is 21.5. The number of hydrogen-bond donors (Lipinski definition) is 0. The zero-order valence-electron chi connectivity index (χ0n) is 35.1. The lowest BCUT2D eigenvalue weighted by Crippen LogP contribution is -2.66. The largest absolute Gasteiger partial charge is 0.147 e. The lowest BCUT2D eigenvalue weighted by atomic mass is 9.85. The van der Waals surface area contributed by atoms with Crippen molar-refractivity contribution in [2.75, 3.05) is 0 Å². The summed E-state index contributed by atoms with van der Waals surface area (Å²) >= 11 is 7.34. The van der Waals surface area contributed by atoms with Crippen molar-refractivity contribution in [1.29, 1.82) is 0 Å². The standard InChI is InChI=1S/C59H42S4Si/c1-64(45-29-15-6-16-30-45,52-39-46(48-31-17-35-60-48)54(41-21-7-2-8-22-41)56(43-25-11-4-12-26-43)58(52)50-33-19-37-62-50)53-40-47(49-32-18-36-61-49)55(42-23-9-3-10-24-42)57(44-27-13-5-14-28-44)59(53)51-34-20-38-63-51/h2-40H,1H3. The summed E-state index contributed by atoms with van der Waals surface area (Å²) in [7, 11) is -3.12. The topological polar surface area (TPSA) is 0 Å². The van der Waals surface area contributed by atoms with E-state index in [0.29, 0.717) is 0 Å². The van der Waals surface area contributed by atoms with Gasteiger partial charge in [0, 0.05) is 41.8 Å². The van der Waals surface area contributed by atoms with Gasteiger partial charge in [0.1, 0.15) is 8.07 Å². The Hall–Kier alpha value is -6.44. The lowest BCUT2D eigenvalue weighted by Gasteiger charge is -2.37. The Labute approximate surface area is 392 Å². The molecule has 0 N–H and O–H groups in total. The van der Waals surface area contributed by atoms with Gasteiger partial charge >= 0.3 is 0 Å². The zero-order valence-corrected chi connectivity index (χ0v) is 39.4. The summed E-state index contributed by atoms with van der Waals surface area (Å²) < 4.78 is 0. The van der Waals surface area contributed by atoms with Crippen molar-refractivity contribution >= 4 is 69.0 Å². The Morgan fingerprint density at radius 1 is 0.281 bits per heavy atom. The molecule has 0 aliphatic heterocycles. The zero-order chi connectivity index (χ0) is 42.9. The SMILES string of the molecule is C[Si](c1ccccc1)(c1cc(-c2cccs2)c(-c2ccccc2)c(-c2ccccc2)c1-c1cccs1)c1cc(-c2cccs2)c(-c2ccccc2)c(-c2ccccc2)c1-c1cccs1. The number of hydrogen-bond acceptors (Lipinski definition) is 4. The molecular formula is C59H42S4Si. The molecule has 64 heavy (non-hydrogen) atoms. The molecule has 0 saturated carbocycles. The molecule has 0 aliphatic rings. The van der Waals surface area contributed by atoms with Gasteiger partial charge in [-0.05, 0) is 106 Å². The van der Waals surface area contributed by atoms with Crippen LogP contribution in [0.1, 0.15) is 0 Å². The Kier molecular flexibility index (Phi) is 11.1. The van der Waals surface area contributed by atoms with Crippen molar-refractivity contribution in [2.45, 2.75) is 6.55 Å². The summed E-state index contributed by atoms with van der Waals surface area (Å²) in [4.78, 5) is 5.08. The summed E-state index contributed by atoms with van der Waals surface area (Å²) in [5.41, 5.74) is 15.2. The molecule has 4 heterocycles. The molecule has 5 heteroatoms. The third-order valence-corrected chi connectivity index (χ3v) is 20.5. The molecule has 7 aromatic carbocycles. The molecule has 0 radical (unpaired) electrons. The summed E-state index contributed by atoms with van der Waals surface area (Å²) in [6, 6.07) is 79.5.